The summed E-state index contributed by atoms with van der Waals surface area (Å²) >= 11 is 0. The van der Waals surface area contributed by atoms with Gasteiger partial charge < -0.3 is 5.32 Å². The third kappa shape index (κ3) is 3.73. The van der Waals surface area contributed by atoms with Gasteiger partial charge in [-0.3, -0.25) is 19.1 Å². The van der Waals surface area contributed by atoms with E-state index < -0.39 is 0 Å². The molecule has 2 atom stereocenters. The van der Waals surface area contributed by atoms with Gasteiger partial charge >= 0.3 is 0 Å². The molecule has 1 amide bonds. The second-order valence-corrected chi connectivity index (χ2v) is 6.84. The van der Waals surface area contributed by atoms with Crippen molar-refractivity contribution in [3.8, 4) is 0 Å². The Bertz CT molecular complexity index is 722. The number of carbonyl (C=O) groups excluding carboxylic acids is 1. The van der Waals surface area contributed by atoms with Crippen molar-refractivity contribution in [2.75, 3.05) is 11.9 Å². The van der Waals surface area contributed by atoms with Gasteiger partial charge in [-0.15, -0.1) is 0 Å². The van der Waals surface area contributed by atoms with Crippen LogP contribution >= 0.6 is 0 Å². The number of carbonyl (C=O) groups is 1. The molecule has 1 aliphatic rings. The Morgan fingerprint density at radius 3 is 2.84 bits per heavy atom. The molecule has 0 bridgehead atoms. The molecule has 2 aromatic heterocycles. The monoisotopic (exact) mass is 345 g/mol. The van der Waals surface area contributed by atoms with E-state index in [1.807, 2.05) is 32.5 Å². The van der Waals surface area contributed by atoms with Crippen molar-refractivity contribution in [1.82, 2.24) is 29.4 Å². The molecule has 0 spiro atoms. The summed E-state index contributed by atoms with van der Waals surface area (Å²) in [6, 6.07) is 0.0973. The Labute approximate surface area is 148 Å². The Morgan fingerprint density at radius 1 is 1.40 bits per heavy atom. The maximum Gasteiger partial charge on any atom is 0.241 e. The first-order chi connectivity index (χ1) is 12.0. The summed E-state index contributed by atoms with van der Waals surface area (Å²) in [6.07, 6.45) is 6.67. The molecule has 1 fully saturated rings. The van der Waals surface area contributed by atoms with Crippen LogP contribution in [0, 0.1) is 13.8 Å². The first-order valence-electron chi connectivity index (χ1n) is 8.86. The zero-order valence-corrected chi connectivity index (χ0v) is 15.4. The van der Waals surface area contributed by atoms with Crippen LogP contribution in [0.1, 0.15) is 37.6 Å². The highest BCUT2D eigenvalue weighted by atomic mass is 16.2. The van der Waals surface area contributed by atoms with E-state index in [0.717, 1.165) is 43.0 Å². The molecule has 0 radical (unpaired) electrons. The van der Waals surface area contributed by atoms with Crippen LogP contribution in [0.3, 0.4) is 0 Å². The predicted octanol–water partition coefficient (Wildman–Crippen LogP) is 1.51. The maximum absolute atomic E-state index is 12.8. The Kier molecular flexibility index (Phi) is 5.17. The zero-order chi connectivity index (χ0) is 18.0. The Balaban J connectivity index is 1.70. The van der Waals surface area contributed by atoms with Crippen LogP contribution in [0.15, 0.2) is 12.7 Å². The third-order valence-electron chi connectivity index (χ3n) is 5.17. The molecule has 3 heterocycles. The molecule has 1 N–H and O–H groups in total. The summed E-state index contributed by atoms with van der Waals surface area (Å²) in [4.78, 5) is 19.2. The molecule has 8 heteroatoms. The number of aryl methyl sites for hydroxylation is 2. The predicted molar refractivity (Wildman–Crippen MR) is 95.1 cm³/mol. The maximum atomic E-state index is 12.8. The molecule has 3 rings (SSSR count). The van der Waals surface area contributed by atoms with Gasteiger partial charge in [-0.05, 0) is 40.2 Å². The average Bonchev–Trinajstić information content (AvgIpc) is 3.18. The third-order valence-corrected chi connectivity index (χ3v) is 5.17. The lowest BCUT2D eigenvalue weighted by Gasteiger charge is -2.39. The fourth-order valence-corrected chi connectivity index (χ4v) is 3.60. The first kappa shape index (κ1) is 17.6. The summed E-state index contributed by atoms with van der Waals surface area (Å²) in [7, 11) is 1.89. The van der Waals surface area contributed by atoms with Gasteiger partial charge in [0.25, 0.3) is 0 Å². The van der Waals surface area contributed by atoms with Gasteiger partial charge in [0.2, 0.25) is 5.91 Å². The standard InChI is InChI=1S/C17H27N7O/c1-12-16(13(2)22(4)21-12)20-17(25)14(3)24-8-6-5-7-15(24)9-23-11-18-10-19-23/h10-11,14-15H,5-9H2,1-4H3,(H,20,25)/t14-,15-/m0/s1. The smallest absolute Gasteiger partial charge is 0.241 e. The van der Waals surface area contributed by atoms with Crippen molar-refractivity contribution in [3.63, 3.8) is 0 Å². The lowest BCUT2D eigenvalue weighted by Crippen LogP contribution is -2.51. The number of aromatic nitrogens is 5. The Morgan fingerprint density at radius 2 is 2.20 bits per heavy atom. The number of anilines is 1. The minimum Gasteiger partial charge on any atom is -0.322 e. The van der Waals surface area contributed by atoms with Crippen LogP contribution in [-0.2, 0) is 18.4 Å². The summed E-state index contributed by atoms with van der Waals surface area (Å²) in [5.41, 5.74) is 2.64. The van der Waals surface area contributed by atoms with Crippen molar-refractivity contribution in [1.29, 1.82) is 0 Å². The Hall–Kier alpha value is -2.22. The number of amides is 1. The van der Waals surface area contributed by atoms with Crippen molar-refractivity contribution in [2.45, 2.75) is 58.7 Å². The molecule has 25 heavy (non-hydrogen) atoms. The van der Waals surface area contributed by atoms with Gasteiger partial charge in [0.15, 0.2) is 0 Å². The summed E-state index contributed by atoms with van der Waals surface area (Å²) < 4.78 is 3.65. The quantitative estimate of drug-likeness (QED) is 0.888. The largest absolute Gasteiger partial charge is 0.322 e. The summed E-state index contributed by atoms with van der Waals surface area (Å²) in [5, 5.41) is 11.7. The number of nitrogens with one attached hydrogen (secondary N) is 1. The second kappa shape index (κ2) is 7.35. The molecular weight excluding hydrogens is 318 g/mol. The summed E-state index contributed by atoms with van der Waals surface area (Å²) in [6.45, 7) is 7.56. The highest BCUT2D eigenvalue weighted by Gasteiger charge is 2.31. The normalized spacial score (nSPS) is 19.8. The molecule has 8 nitrogen and oxygen atoms in total. The van der Waals surface area contributed by atoms with E-state index in [1.54, 1.807) is 17.3 Å². The zero-order valence-electron chi connectivity index (χ0n) is 15.4. The van der Waals surface area contributed by atoms with Crippen molar-refractivity contribution in [3.05, 3.63) is 24.0 Å². The van der Waals surface area contributed by atoms with Crippen LogP contribution in [0.2, 0.25) is 0 Å². The van der Waals surface area contributed by atoms with E-state index in [9.17, 15) is 4.79 Å². The van der Waals surface area contributed by atoms with Crippen molar-refractivity contribution < 1.29 is 4.79 Å². The van der Waals surface area contributed by atoms with Crippen LogP contribution in [0.25, 0.3) is 0 Å². The van der Waals surface area contributed by atoms with E-state index in [0.29, 0.717) is 6.04 Å². The SMILES string of the molecule is Cc1nn(C)c(C)c1NC(=O)[C@H](C)N1CCCC[C@H]1Cn1cncn1. The van der Waals surface area contributed by atoms with E-state index in [2.05, 4.69) is 25.4 Å². The average molecular weight is 345 g/mol. The fraction of sp³-hybridized carbons (Fsp3) is 0.647. The van der Waals surface area contributed by atoms with Gasteiger partial charge in [0.05, 0.1) is 29.7 Å². The molecule has 0 saturated carbocycles. The van der Waals surface area contributed by atoms with E-state index in [-0.39, 0.29) is 11.9 Å². The molecule has 1 saturated heterocycles. The van der Waals surface area contributed by atoms with E-state index in [1.165, 1.54) is 6.42 Å². The molecule has 136 valence electrons. The molecule has 2 aromatic rings. The van der Waals surface area contributed by atoms with Crippen LogP contribution in [0.4, 0.5) is 5.69 Å². The van der Waals surface area contributed by atoms with E-state index >= 15 is 0 Å². The molecule has 1 aliphatic heterocycles. The highest BCUT2D eigenvalue weighted by molar-refractivity contribution is 5.95. The van der Waals surface area contributed by atoms with Gasteiger partial charge in [-0.25, -0.2) is 4.98 Å². The first-order valence-corrected chi connectivity index (χ1v) is 8.86. The van der Waals surface area contributed by atoms with Gasteiger partial charge in [0.1, 0.15) is 12.7 Å². The second-order valence-electron chi connectivity index (χ2n) is 6.84. The molecular formula is C17H27N7O. The number of piperidine rings is 1. The number of hydrogen-bond acceptors (Lipinski definition) is 5. The topological polar surface area (TPSA) is 80.9 Å². The van der Waals surface area contributed by atoms with Crippen LogP contribution in [-0.4, -0.2) is 54.0 Å². The van der Waals surface area contributed by atoms with Crippen LogP contribution < -0.4 is 5.32 Å². The number of rotatable bonds is 5. The van der Waals surface area contributed by atoms with Crippen molar-refractivity contribution in [2.24, 2.45) is 7.05 Å². The fourth-order valence-electron chi connectivity index (χ4n) is 3.60. The van der Waals surface area contributed by atoms with Gasteiger partial charge in [-0.1, -0.05) is 6.42 Å². The van der Waals surface area contributed by atoms with Crippen LogP contribution in [0.5, 0.6) is 0 Å². The lowest BCUT2D eigenvalue weighted by atomic mass is 9.99. The number of likely N-dealkylation sites (tertiary alicyclic amines) is 1. The molecule has 0 aliphatic carbocycles. The summed E-state index contributed by atoms with van der Waals surface area (Å²) in [5.74, 6) is 0.0182. The molecule has 0 aromatic carbocycles. The number of hydrogen-bond donors (Lipinski definition) is 1. The minimum atomic E-state index is -0.201. The van der Waals surface area contributed by atoms with E-state index in [4.69, 9.17) is 0 Å². The highest BCUT2D eigenvalue weighted by Crippen LogP contribution is 2.23. The lowest BCUT2D eigenvalue weighted by molar-refractivity contribution is -0.122. The molecule has 0 unspecified atom stereocenters. The minimum absolute atomic E-state index is 0.0182. The van der Waals surface area contributed by atoms with Crippen molar-refractivity contribution >= 4 is 11.6 Å². The van der Waals surface area contributed by atoms with Gasteiger partial charge in [-0.2, -0.15) is 10.2 Å². The van der Waals surface area contributed by atoms with Gasteiger partial charge in [0, 0.05) is 13.1 Å². The number of nitrogens with zero attached hydrogens (tertiary/aromatic N) is 6.